The maximum atomic E-state index is 12.6. The molecular formula is C21H25N3O4. The van der Waals surface area contributed by atoms with Crippen molar-refractivity contribution in [3.63, 3.8) is 0 Å². The summed E-state index contributed by atoms with van der Waals surface area (Å²) in [5.74, 6) is -0.806. The molecule has 1 aliphatic carbocycles. The first kappa shape index (κ1) is 18.5. The van der Waals surface area contributed by atoms with Crippen LogP contribution in [0.1, 0.15) is 44.9 Å². The molecule has 1 saturated carbocycles. The number of amides is 2. The van der Waals surface area contributed by atoms with Gasteiger partial charge in [-0.1, -0.05) is 5.57 Å². The Kier molecular flexibility index (Phi) is 5.32. The lowest BCUT2D eigenvalue weighted by atomic mass is 10.1. The zero-order valence-electron chi connectivity index (χ0n) is 15.9. The van der Waals surface area contributed by atoms with Gasteiger partial charge in [-0.2, -0.15) is 0 Å². The molecule has 2 heterocycles. The third-order valence-corrected chi connectivity index (χ3v) is 5.52. The van der Waals surface area contributed by atoms with Gasteiger partial charge in [-0.15, -0.1) is 0 Å². The molecule has 2 fully saturated rings. The molecule has 28 heavy (non-hydrogen) atoms. The minimum absolute atomic E-state index is 0.0483. The van der Waals surface area contributed by atoms with E-state index < -0.39 is 5.76 Å². The van der Waals surface area contributed by atoms with Gasteiger partial charge >= 0.3 is 5.76 Å². The third-order valence-electron chi connectivity index (χ3n) is 5.52. The van der Waals surface area contributed by atoms with E-state index in [2.05, 4.69) is 5.32 Å². The first-order valence-corrected chi connectivity index (χ1v) is 10.0. The number of fused-ring (bicyclic) bond motifs is 1. The largest absolute Gasteiger partial charge is 0.420 e. The van der Waals surface area contributed by atoms with Crippen LogP contribution in [0.3, 0.4) is 0 Å². The van der Waals surface area contributed by atoms with E-state index in [1.54, 1.807) is 29.2 Å². The van der Waals surface area contributed by atoms with Crippen molar-refractivity contribution in [1.29, 1.82) is 0 Å². The van der Waals surface area contributed by atoms with Gasteiger partial charge in [0.25, 0.3) is 0 Å². The molecule has 7 heteroatoms. The third kappa shape index (κ3) is 4.03. The molecule has 0 atom stereocenters. The molecule has 1 N–H and O–H groups in total. The normalized spacial score (nSPS) is 17.1. The Morgan fingerprint density at radius 3 is 2.57 bits per heavy atom. The van der Waals surface area contributed by atoms with Crippen molar-refractivity contribution in [2.24, 2.45) is 0 Å². The van der Waals surface area contributed by atoms with Crippen molar-refractivity contribution in [3.8, 4) is 0 Å². The highest BCUT2D eigenvalue weighted by Crippen LogP contribution is 2.24. The number of likely N-dealkylation sites (tertiary alicyclic amines) is 1. The number of rotatable bonds is 4. The van der Waals surface area contributed by atoms with Gasteiger partial charge in [0.05, 0.1) is 5.52 Å². The first-order chi connectivity index (χ1) is 13.6. The molecule has 2 aromatic rings. The van der Waals surface area contributed by atoms with Crippen LogP contribution in [0.4, 0.5) is 5.69 Å². The number of hydrogen-bond acceptors (Lipinski definition) is 4. The van der Waals surface area contributed by atoms with Crippen molar-refractivity contribution in [3.05, 3.63) is 40.4 Å². The van der Waals surface area contributed by atoms with Crippen molar-refractivity contribution < 1.29 is 14.0 Å². The standard InChI is InChI=1S/C21H25N3O4/c25-19(12-15-6-2-3-7-15)22-16-8-9-18-17(13-16)24(21(27)28-18)14-20(26)23-10-4-1-5-11-23/h8-9,12-13H,1-7,10-11,14H2,(H,22,25). The lowest BCUT2D eigenvalue weighted by molar-refractivity contribution is -0.132. The highest BCUT2D eigenvalue weighted by Gasteiger charge is 2.20. The molecule has 1 aliphatic heterocycles. The number of piperidine rings is 1. The Balaban J connectivity index is 1.54. The molecule has 0 bridgehead atoms. The monoisotopic (exact) mass is 383 g/mol. The van der Waals surface area contributed by atoms with Crippen LogP contribution in [0.15, 0.2) is 39.1 Å². The van der Waals surface area contributed by atoms with Crippen LogP contribution < -0.4 is 11.1 Å². The van der Waals surface area contributed by atoms with Gasteiger partial charge in [-0.3, -0.25) is 14.2 Å². The second-order valence-electron chi connectivity index (χ2n) is 7.58. The maximum absolute atomic E-state index is 12.6. The second-order valence-corrected chi connectivity index (χ2v) is 7.58. The molecule has 4 rings (SSSR count). The summed E-state index contributed by atoms with van der Waals surface area (Å²) in [5, 5.41) is 2.85. The van der Waals surface area contributed by atoms with E-state index in [0.29, 0.717) is 16.8 Å². The first-order valence-electron chi connectivity index (χ1n) is 10.0. The summed E-state index contributed by atoms with van der Waals surface area (Å²) >= 11 is 0. The molecule has 0 unspecified atom stereocenters. The van der Waals surface area contributed by atoms with Crippen molar-refractivity contribution in [2.75, 3.05) is 18.4 Å². The van der Waals surface area contributed by atoms with Crippen LogP contribution >= 0.6 is 0 Å². The Morgan fingerprint density at radius 1 is 1.07 bits per heavy atom. The van der Waals surface area contributed by atoms with E-state index >= 15 is 0 Å². The predicted molar refractivity (Wildman–Crippen MR) is 106 cm³/mol. The van der Waals surface area contributed by atoms with E-state index in [1.807, 2.05) is 0 Å². The van der Waals surface area contributed by atoms with Crippen LogP contribution in [-0.4, -0.2) is 34.4 Å². The number of carbonyl (C=O) groups is 2. The van der Waals surface area contributed by atoms with Crippen molar-refractivity contribution >= 4 is 28.6 Å². The number of anilines is 1. The number of nitrogens with zero attached hydrogens (tertiary/aromatic N) is 2. The van der Waals surface area contributed by atoms with Crippen LogP contribution in [0.5, 0.6) is 0 Å². The predicted octanol–water partition coefficient (Wildman–Crippen LogP) is 3.05. The minimum atomic E-state index is -0.558. The highest BCUT2D eigenvalue weighted by molar-refractivity contribution is 6.00. The fourth-order valence-corrected chi connectivity index (χ4v) is 4.01. The van der Waals surface area contributed by atoms with Gasteiger partial charge in [-0.05, 0) is 63.1 Å². The Morgan fingerprint density at radius 2 is 1.82 bits per heavy atom. The van der Waals surface area contributed by atoms with Crippen molar-refractivity contribution in [2.45, 2.75) is 51.5 Å². The van der Waals surface area contributed by atoms with Crippen molar-refractivity contribution in [1.82, 2.24) is 9.47 Å². The second kappa shape index (κ2) is 8.04. The Labute approximate surface area is 163 Å². The molecule has 1 saturated heterocycles. The van der Waals surface area contributed by atoms with E-state index in [4.69, 9.17) is 4.42 Å². The van der Waals surface area contributed by atoms with E-state index in [-0.39, 0.29) is 18.4 Å². The fraction of sp³-hybridized carbons (Fsp3) is 0.476. The SMILES string of the molecule is O=C(C=C1CCCC1)Nc1ccc2oc(=O)n(CC(=O)N3CCCCC3)c2c1. The molecule has 2 amide bonds. The summed E-state index contributed by atoms with van der Waals surface area (Å²) in [6, 6.07) is 5.04. The smallest absolute Gasteiger partial charge is 0.408 e. The van der Waals surface area contributed by atoms with Crippen LogP contribution in [0.25, 0.3) is 11.1 Å². The topological polar surface area (TPSA) is 84.5 Å². The molecule has 1 aromatic carbocycles. The maximum Gasteiger partial charge on any atom is 0.420 e. The fourth-order valence-electron chi connectivity index (χ4n) is 4.01. The van der Waals surface area contributed by atoms with Gasteiger partial charge in [0.15, 0.2) is 5.58 Å². The lowest BCUT2D eigenvalue weighted by Crippen LogP contribution is -2.39. The highest BCUT2D eigenvalue weighted by atomic mass is 16.4. The minimum Gasteiger partial charge on any atom is -0.408 e. The molecule has 1 aromatic heterocycles. The summed E-state index contributed by atoms with van der Waals surface area (Å²) in [5.41, 5.74) is 2.67. The molecule has 7 nitrogen and oxygen atoms in total. The number of hydrogen-bond donors (Lipinski definition) is 1. The Bertz CT molecular complexity index is 971. The number of nitrogens with one attached hydrogen (secondary N) is 1. The molecular weight excluding hydrogens is 358 g/mol. The summed E-state index contributed by atoms with van der Waals surface area (Å²) in [6.45, 7) is 1.42. The van der Waals surface area contributed by atoms with Gasteiger partial charge in [0.1, 0.15) is 6.54 Å². The van der Waals surface area contributed by atoms with E-state index in [9.17, 15) is 14.4 Å². The summed E-state index contributed by atoms with van der Waals surface area (Å²) in [4.78, 5) is 38.9. The Hall–Kier alpha value is -2.83. The molecule has 0 spiro atoms. The number of aromatic nitrogens is 1. The number of benzene rings is 1. The van der Waals surface area contributed by atoms with E-state index in [1.165, 1.54) is 10.1 Å². The molecule has 148 valence electrons. The number of allylic oxidation sites excluding steroid dienone is 1. The molecule has 2 aliphatic rings. The van der Waals surface area contributed by atoms with Gasteiger partial charge in [-0.25, -0.2) is 4.79 Å². The zero-order valence-corrected chi connectivity index (χ0v) is 15.9. The van der Waals surface area contributed by atoms with Gasteiger partial charge < -0.3 is 14.6 Å². The van der Waals surface area contributed by atoms with Gasteiger partial charge in [0.2, 0.25) is 11.8 Å². The number of carbonyl (C=O) groups excluding carboxylic acids is 2. The summed E-state index contributed by atoms with van der Waals surface area (Å²) in [6.07, 6.45) is 9.03. The number of oxazole rings is 1. The lowest BCUT2D eigenvalue weighted by Gasteiger charge is -2.26. The quantitative estimate of drug-likeness (QED) is 0.823. The summed E-state index contributed by atoms with van der Waals surface area (Å²) < 4.78 is 6.61. The van der Waals surface area contributed by atoms with E-state index in [0.717, 1.165) is 58.0 Å². The average Bonchev–Trinajstić information content (AvgIpc) is 3.30. The van der Waals surface area contributed by atoms with Crippen LogP contribution in [-0.2, 0) is 16.1 Å². The zero-order chi connectivity index (χ0) is 19.5. The summed E-state index contributed by atoms with van der Waals surface area (Å²) in [7, 11) is 0. The van der Waals surface area contributed by atoms with Gasteiger partial charge in [0, 0.05) is 24.9 Å². The van der Waals surface area contributed by atoms with Crippen LogP contribution in [0, 0.1) is 0 Å². The average molecular weight is 383 g/mol. The van der Waals surface area contributed by atoms with Crippen LogP contribution in [0.2, 0.25) is 0 Å². The molecule has 0 radical (unpaired) electrons.